The van der Waals surface area contributed by atoms with Crippen LogP contribution in [0.4, 0.5) is 11.4 Å². The highest BCUT2D eigenvalue weighted by Crippen LogP contribution is 2.36. The molecule has 2 atom stereocenters. The molecule has 0 bridgehead atoms. The van der Waals surface area contributed by atoms with E-state index in [-0.39, 0.29) is 24.1 Å². The van der Waals surface area contributed by atoms with Crippen molar-refractivity contribution in [2.24, 2.45) is 9.98 Å². The van der Waals surface area contributed by atoms with Gasteiger partial charge in [0.2, 0.25) is 11.8 Å². The molecule has 3 heterocycles. The molecule has 5 rings (SSSR count). The molecular weight excluding hydrogens is 530 g/mol. The maximum Gasteiger partial charge on any atom is 0.259 e. The van der Waals surface area contributed by atoms with Crippen molar-refractivity contribution in [1.82, 2.24) is 10.2 Å². The van der Waals surface area contributed by atoms with Gasteiger partial charge in [-0.25, -0.2) is 9.89 Å². The molecule has 0 saturated heterocycles. The predicted octanol–water partition coefficient (Wildman–Crippen LogP) is 5.26. The van der Waals surface area contributed by atoms with Crippen molar-refractivity contribution >= 4 is 63.2 Å². The van der Waals surface area contributed by atoms with Crippen LogP contribution >= 0.6 is 23.1 Å². The Morgan fingerprint density at radius 1 is 1.13 bits per heavy atom. The SMILES string of the molecule is CCC(SC1=Nc2ccccc2C2=NC(CCC(=O)NCc3cccs3)C(=O)N12)C(=O)Nc1cccc(C)c1. The van der Waals surface area contributed by atoms with Crippen LogP contribution in [-0.2, 0) is 20.9 Å². The van der Waals surface area contributed by atoms with E-state index in [0.717, 1.165) is 21.7 Å². The fourth-order valence-electron chi connectivity index (χ4n) is 4.42. The zero-order valence-electron chi connectivity index (χ0n) is 21.7. The van der Waals surface area contributed by atoms with E-state index in [2.05, 4.69) is 10.6 Å². The number of thiophene rings is 1. The summed E-state index contributed by atoms with van der Waals surface area (Å²) in [5.74, 6) is 0.0133. The first kappa shape index (κ1) is 26.8. The molecule has 0 spiro atoms. The number of nitrogens with one attached hydrogen (secondary N) is 2. The highest BCUT2D eigenvalue weighted by Gasteiger charge is 2.42. The average molecular weight is 560 g/mol. The first-order chi connectivity index (χ1) is 18.9. The summed E-state index contributed by atoms with van der Waals surface area (Å²) in [5, 5.41) is 7.82. The van der Waals surface area contributed by atoms with Gasteiger partial charge < -0.3 is 10.6 Å². The number of benzene rings is 2. The van der Waals surface area contributed by atoms with Crippen molar-refractivity contribution in [3.63, 3.8) is 0 Å². The summed E-state index contributed by atoms with van der Waals surface area (Å²) in [7, 11) is 0. The van der Waals surface area contributed by atoms with Crippen molar-refractivity contribution in [2.45, 2.75) is 50.9 Å². The van der Waals surface area contributed by atoms with Crippen LogP contribution in [0.1, 0.15) is 42.2 Å². The summed E-state index contributed by atoms with van der Waals surface area (Å²) in [6.07, 6.45) is 1.02. The lowest BCUT2D eigenvalue weighted by atomic mass is 10.1. The fourth-order valence-corrected chi connectivity index (χ4v) is 6.08. The Morgan fingerprint density at radius 2 is 1.97 bits per heavy atom. The number of anilines is 1. The van der Waals surface area contributed by atoms with E-state index in [1.165, 1.54) is 16.7 Å². The molecule has 39 heavy (non-hydrogen) atoms. The number of thioether (sulfide) groups is 1. The maximum atomic E-state index is 13.6. The van der Waals surface area contributed by atoms with Gasteiger partial charge in [-0.3, -0.25) is 19.4 Å². The topological polar surface area (TPSA) is 103 Å². The van der Waals surface area contributed by atoms with Gasteiger partial charge in [-0.05, 0) is 61.0 Å². The molecule has 10 heteroatoms. The van der Waals surface area contributed by atoms with Gasteiger partial charge >= 0.3 is 0 Å². The molecule has 2 N–H and O–H groups in total. The Labute approximate surface area is 235 Å². The van der Waals surface area contributed by atoms with Crippen LogP contribution in [0.25, 0.3) is 0 Å². The van der Waals surface area contributed by atoms with Crippen LogP contribution in [0.2, 0.25) is 0 Å². The standard InChI is InChI=1S/C29H29N5O3S2/c1-3-24(27(36)31-19-9-6-8-18(2)16-19)39-29-33-22-12-5-4-11-21(22)26-32-23(28(37)34(26)29)13-14-25(35)30-17-20-10-7-15-38-20/h4-12,15-16,23-24H,3,13-14,17H2,1-2H3,(H,30,35)(H,31,36). The molecule has 0 aliphatic carbocycles. The molecule has 2 unspecified atom stereocenters. The summed E-state index contributed by atoms with van der Waals surface area (Å²) in [6.45, 7) is 4.38. The van der Waals surface area contributed by atoms with Gasteiger partial charge in [0.1, 0.15) is 11.9 Å². The van der Waals surface area contributed by atoms with Gasteiger partial charge in [-0.15, -0.1) is 11.3 Å². The Hall–Kier alpha value is -3.76. The number of aryl methyl sites for hydroxylation is 1. The molecule has 200 valence electrons. The third-order valence-corrected chi connectivity index (χ3v) is 8.62. The minimum Gasteiger partial charge on any atom is -0.351 e. The van der Waals surface area contributed by atoms with Crippen LogP contribution < -0.4 is 10.6 Å². The van der Waals surface area contributed by atoms with E-state index in [9.17, 15) is 14.4 Å². The summed E-state index contributed by atoms with van der Waals surface area (Å²) in [4.78, 5) is 51.3. The Bertz CT molecular complexity index is 1450. The van der Waals surface area contributed by atoms with Crippen molar-refractivity contribution in [2.75, 3.05) is 5.32 Å². The summed E-state index contributed by atoms with van der Waals surface area (Å²) >= 11 is 2.84. The monoisotopic (exact) mass is 559 g/mol. The lowest BCUT2D eigenvalue weighted by Crippen LogP contribution is -2.42. The van der Waals surface area contributed by atoms with Crippen molar-refractivity contribution < 1.29 is 14.4 Å². The van der Waals surface area contributed by atoms with E-state index in [1.54, 1.807) is 11.3 Å². The highest BCUT2D eigenvalue weighted by molar-refractivity contribution is 8.15. The first-order valence-corrected chi connectivity index (χ1v) is 14.6. The molecule has 0 saturated carbocycles. The van der Waals surface area contributed by atoms with Crippen molar-refractivity contribution in [3.8, 4) is 0 Å². The number of nitrogens with zero attached hydrogens (tertiary/aromatic N) is 3. The largest absolute Gasteiger partial charge is 0.351 e. The average Bonchev–Trinajstić information content (AvgIpc) is 3.57. The number of carbonyl (C=O) groups excluding carboxylic acids is 3. The van der Waals surface area contributed by atoms with Gasteiger partial charge in [0.05, 0.1) is 17.5 Å². The maximum absolute atomic E-state index is 13.6. The van der Waals surface area contributed by atoms with E-state index < -0.39 is 11.3 Å². The highest BCUT2D eigenvalue weighted by atomic mass is 32.2. The number of rotatable bonds is 9. The molecule has 2 aliphatic rings. The van der Waals surface area contributed by atoms with E-state index in [4.69, 9.17) is 9.98 Å². The minimum absolute atomic E-state index is 0.121. The van der Waals surface area contributed by atoms with Gasteiger partial charge in [0.25, 0.3) is 5.91 Å². The molecule has 1 aromatic heterocycles. The number of fused-ring (bicyclic) bond motifs is 3. The zero-order chi connectivity index (χ0) is 27.4. The number of hydrogen-bond donors (Lipinski definition) is 2. The summed E-state index contributed by atoms with van der Waals surface area (Å²) < 4.78 is 0. The van der Waals surface area contributed by atoms with Crippen LogP contribution in [-0.4, -0.2) is 44.9 Å². The number of aliphatic imine (C=N–C) groups is 2. The lowest BCUT2D eigenvalue weighted by molar-refractivity contribution is -0.125. The Morgan fingerprint density at radius 3 is 2.74 bits per heavy atom. The quantitative estimate of drug-likeness (QED) is 0.373. The molecule has 2 aromatic carbocycles. The van der Waals surface area contributed by atoms with Crippen molar-refractivity contribution in [1.29, 1.82) is 0 Å². The smallest absolute Gasteiger partial charge is 0.259 e. The lowest BCUT2D eigenvalue weighted by Gasteiger charge is -2.27. The zero-order valence-corrected chi connectivity index (χ0v) is 23.3. The fraction of sp³-hybridized carbons (Fsp3) is 0.276. The van der Waals surface area contributed by atoms with Crippen LogP contribution in [0.15, 0.2) is 76.0 Å². The molecule has 0 radical (unpaired) electrons. The molecule has 8 nitrogen and oxygen atoms in total. The normalized spacial score (nSPS) is 16.6. The molecule has 3 amide bonds. The van der Waals surface area contributed by atoms with Crippen molar-refractivity contribution in [3.05, 3.63) is 82.0 Å². The third-order valence-electron chi connectivity index (χ3n) is 6.43. The van der Waals surface area contributed by atoms with Crippen LogP contribution in [0.3, 0.4) is 0 Å². The van der Waals surface area contributed by atoms with Gasteiger partial charge in [0, 0.05) is 22.5 Å². The second-order valence-electron chi connectivity index (χ2n) is 9.32. The van der Waals surface area contributed by atoms with E-state index in [0.29, 0.717) is 36.1 Å². The molecule has 2 aliphatic heterocycles. The number of amides is 3. The Kier molecular flexibility index (Phi) is 8.23. The summed E-state index contributed by atoms with van der Waals surface area (Å²) in [6, 6.07) is 18.4. The first-order valence-electron chi connectivity index (χ1n) is 12.9. The molecule has 3 aromatic rings. The second-order valence-corrected chi connectivity index (χ2v) is 11.5. The molecular formula is C29H29N5O3S2. The third kappa shape index (κ3) is 6.12. The van der Waals surface area contributed by atoms with Gasteiger partial charge in [-0.2, -0.15) is 0 Å². The Balaban J connectivity index is 1.31. The number of carbonyl (C=O) groups is 3. The van der Waals surface area contributed by atoms with Gasteiger partial charge in [0.15, 0.2) is 5.17 Å². The number of para-hydroxylation sites is 1. The minimum atomic E-state index is -0.689. The second kappa shape index (κ2) is 12.0. The van der Waals surface area contributed by atoms with E-state index >= 15 is 0 Å². The summed E-state index contributed by atoms with van der Waals surface area (Å²) in [5.41, 5.74) is 3.24. The van der Waals surface area contributed by atoms with Crippen LogP contribution in [0, 0.1) is 6.92 Å². The number of amidine groups is 2. The van der Waals surface area contributed by atoms with Gasteiger partial charge in [-0.1, -0.05) is 49.0 Å². The number of hydrogen-bond acceptors (Lipinski definition) is 7. The van der Waals surface area contributed by atoms with Crippen LogP contribution in [0.5, 0.6) is 0 Å². The van der Waals surface area contributed by atoms with E-state index in [1.807, 2.05) is 79.9 Å². The predicted molar refractivity (Wildman–Crippen MR) is 158 cm³/mol. The molecule has 0 fully saturated rings.